The Morgan fingerprint density at radius 2 is 1.75 bits per heavy atom. The summed E-state index contributed by atoms with van der Waals surface area (Å²) < 4.78 is 12.0. The summed E-state index contributed by atoms with van der Waals surface area (Å²) in [6, 6.07) is 1.51. The lowest BCUT2D eigenvalue weighted by molar-refractivity contribution is 0.00578. The summed E-state index contributed by atoms with van der Waals surface area (Å²) in [5, 5.41) is 0. The van der Waals surface area contributed by atoms with Gasteiger partial charge in [-0.25, -0.2) is 0 Å². The molecular formula is C14H23BN2O3. The van der Waals surface area contributed by atoms with Crippen LogP contribution in [0, 0.1) is 0 Å². The highest BCUT2D eigenvalue weighted by atomic mass is 16.7. The minimum Gasteiger partial charge on any atom is -0.399 e. The van der Waals surface area contributed by atoms with Gasteiger partial charge in [-0.2, -0.15) is 0 Å². The van der Waals surface area contributed by atoms with E-state index in [0.717, 1.165) is 5.69 Å². The summed E-state index contributed by atoms with van der Waals surface area (Å²) in [7, 11) is 3.29. The Kier molecular flexibility index (Phi) is 3.84. The molecule has 0 unspecified atom stereocenters. The van der Waals surface area contributed by atoms with E-state index < -0.39 is 18.3 Å². The minimum atomic E-state index is -0.625. The fraction of sp³-hybridized carbons (Fsp3) is 0.643. The van der Waals surface area contributed by atoms with Crippen molar-refractivity contribution in [2.45, 2.75) is 45.4 Å². The van der Waals surface area contributed by atoms with Crippen LogP contribution in [-0.4, -0.2) is 42.3 Å². The summed E-state index contributed by atoms with van der Waals surface area (Å²) in [5.74, 6) is 0. The predicted molar refractivity (Wildman–Crippen MR) is 80.2 cm³/mol. The van der Waals surface area contributed by atoms with Gasteiger partial charge in [0.05, 0.1) is 16.7 Å². The molecule has 20 heavy (non-hydrogen) atoms. The second-order valence-electron chi connectivity index (χ2n) is 6.56. The van der Waals surface area contributed by atoms with Crippen LogP contribution in [0.3, 0.4) is 0 Å². The van der Waals surface area contributed by atoms with Crippen molar-refractivity contribution in [1.29, 1.82) is 0 Å². The summed E-state index contributed by atoms with van der Waals surface area (Å²) >= 11 is 0. The lowest BCUT2D eigenvalue weighted by Crippen LogP contribution is -2.47. The van der Waals surface area contributed by atoms with E-state index in [2.05, 4.69) is 4.98 Å². The van der Waals surface area contributed by atoms with Crippen molar-refractivity contribution in [1.82, 2.24) is 9.88 Å². The average Bonchev–Trinajstić information content (AvgIpc) is 2.46. The molecule has 110 valence electrons. The van der Waals surface area contributed by atoms with E-state index in [9.17, 15) is 4.79 Å². The van der Waals surface area contributed by atoms with E-state index in [1.165, 1.54) is 6.07 Å². The molecule has 5 nitrogen and oxygen atoms in total. The largest absolute Gasteiger partial charge is 0.500 e. The third kappa shape index (κ3) is 2.68. The molecule has 0 aromatic carbocycles. The first-order chi connectivity index (χ1) is 9.14. The number of nitrogens with zero attached hydrogens (tertiary/aromatic N) is 1. The molecule has 1 aliphatic heterocycles. The van der Waals surface area contributed by atoms with Crippen LogP contribution in [0.1, 0.15) is 33.4 Å². The van der Waals surface area contributed by atoms with E-state index in [1.807, 2.05) is 46.7 Å². The van der Waals surface area contributed by atoms with E-state index in [-0.39, 0.29) is 5.43 Å². The van der Waals surface area contributed by atoms with Gasteiger partial charge in [0.1, 0.15) is 0 Å². The molecule has 1 aliphatic rings. The van der Waals surface area contributed by atoms with Gasteiger partial charge in [0.25, 0.3) is 0 Å². The van der Waals surface area contributed by atoms with Gasteiger partial charge in [-0.3, -0.25) is 4.79 Å². The van der Waals surface area contributed by atoms with Crippen molar-refractivity contribution in [2.24, 2.45) is 0 Å². The van der Waals surface area contributed by atoms with Crippen LogP contribution in [0.4, 0.5) is 0 Å². The zero-order valence-corrected chi connectivity index (χ0v) is 13.1. The van der Waals surface area contributed by atoms with Crippen LogP contribution in [-0.2, 0) is 15.9 Å². The monoisotopic (exact) mass is 278 g/mol. The molecule has 1 saturated heterocycles. The highest BCUT2D eigenvalue weighted by Gasteiger charge is 2.53. The van der Waals surface area contributed by atoms with Gasteiger partial charge in [0.15, 0.2) is 5.43 Å². The van der Waals surface area contributed by atoms with Crippen molar-refractivity contribution in [2.75, 3.05) is 14.1 Å². The van der Waals surface area contributed by atoms with Crippen LogP contribution >= 0.6 is 0 Å². The molecule has 0 amide bonds. The van der Waals surface area contributed by atoms with Crippen LogP contribution in [0.2, 0.25) is 0 Å². The zero-order valence-electron chi connectivity index (χ0n) is 13.1. The molecule has 0 bridgehead atoms. The molecule has 1 fully saturated rings. The fourth-order valence-corrected chi connectivity index (χ4v) is 2.20. The fourth-order valence-electron chi connectivity index (χ4n) is 2.20. The zero-order chi connectivity index (χ0) is 15.1. The Morgan fingerprint density at radius 3 is 2.25 bits per heavy atom. The van der Waals surface area contributed by atoms with Gasteiger partial charge in [-0.05, 0) is 41.8 Å². The molecule has 2 rings (SSSR count). The molecule has 6 heteroatoms. The third-order valence-electron chi connectivity index (χ3n) is 4.05. The smallest absolute Gasteiger partial charge is 0.399 e. The summed E-state index contributed by atoms with van der Waals surface area (Å²) in [5.41, 5.74) is 0.449. The van der Waals surface area contributed by atoms with Gasteiger partial charge in [-0.1, -0.05) is 0 Å². The number of hydrogen-bond donors (Lipinski definition) is 1. The van der Waals surface area contributed by atoms with Gasteiger partial charge in [-0.15, -0.1) is 0 Å². The highest BCUT2D eigenvalue weighted by molar-refractivity contribution is 6.62. The van der Waals surface area contributed by atoms with Gasteiger partial charge < -0.3 is 19.2 Å². The molecule has 0 aliphatic carbocycles. The molecule has 2 heterocycles. The lowest BCUT2D eigenvalue weighted by Gasteiger charge is -2.32. The number of pyridine rings is 1. The predicted octanol–water partition coefficient (Wildman–Crippen LogP) is 0.736. The highest BCUT2D eigenvalue weighted by Crippen LogP contribution is 2.36. The number of aromatic amines is 1. The first kappa shape index (κ1) is 15.3. The number of nitrogens with one attached hydrogen (secondary N) is 1. The van der Waals surface area contributed by atoms with Crippen molar-refractivity contribution in [3.05, 3.63) is 28.2 Å². The molecular weight excluding hydrogens is 255 g/mol. The Labute approximate surface area is 120 Å². The Balaban J connectivity index is 2.42. The first-order valence-corrected chi connectivity index (χ1v) is 6.85. The number of H-pyrrole nitrogens is 1. The quantitative estimate of drug-likeness (QED) is 0.828. The van der Waals surface area contributed by atoms with Gasteiger partial charge in [0.2, 0.25) is 0 Å². The van der Waals surface area contributed by atoms with Gasteiger partial charge >= 0.3 is 7.12 Å². The Morgan fingerprint density at radius 1 is 1.20 bits per heavy atom. The Bertz CT molecular complexity index is 536. The van der Waals surface area contributed by atoms with E-state index in [4.69, 9.17) is 9.31 Å². The maximum atomic E-state index is 12.2. The molecule has 0 spiro atoms. The number of rotatable bonds is 3. The number of hydrogen-bond acceptors (Lipinski definition) is 4. The van der Waals surface area contributed by atoms with E-state index >= 15 is 0 Å². The first-order valence-electron chi connectivity index (χ1n) is 6.85. The second-order valence-corrected chi connectivity index (χ2v) is 6.56. The van der Waals surface area contributed by atoms with Crippen molar-refractivity contribution in [3.8, 4) is 0 Å². The SMILES string of the molecule is CN(C)Cc1[nH]ccc(=O)c1B1OC(C)(C)C(C)(C)O1. The molecule has 1 aromatic heterocycles. The molecule has 0 atom stereocenters. The van der Waals surface area contributed by atoms with Crippen molar-refractivity contribution < 1.29 is 9.31 Å². The maximum absolute atomic E-state index is 12.2. The molecule has 0 radical (unpaired) electrons. The van der Waals surface area contributed by atoms with Crippen LogP contribution in [0.15, 0.2) is 17.1 Å². The summed E-state index contributed by atoms with van der Waals surface area (Å²) in [6.45, 7) is 8.56. The third-order valence-corrected chi connectivity index (χ3v) is 4.05. The second kappa shape index (κ2) is 5.02. The summed E-state index contributed by atoms with van der Waals surface area (Å²) in [6.07, 6.45) is 1.66. The van der Waals surface area contributed by atoms with Crippen molar-refractivity contribution in [3.63, 3.8) is 0 Å². The van der Waals surface area contributed by atoms with Gasteiger partial charge in [0, 0.05) is 24.5 Å². The standard InChI is InChI=1S/C14H23BN2O3/c1-13(2)14(3,4)20-15(19-13)12-10(9-17(5)6)16-8-7-11(12)18/h7-8H,9H2,1-6H3,(H,16,18). The maximum Gasteiger partial charge on any atom is 0.500 e. The molecule has 0 saturated carbocycles. The lowest BCUT2D eigenvalue weighted by atomic mass is 9.77. The van der Waals surface area contributed by atoms with E-state index in [1.54, 1.807) is 6.20 Å². The molecule has 1 N–H and O–H groups in total. The summed E-state index contributed by atoms with van der Waals surface area (Å²) in [4.78, 5) is 17.4. The number of aromatic nitrogens is 1. The van der Waals surface area contributed by atoms with E-state index in [0.29, 0.717) is 12.0 Å². The average molecular weight is 278 g/mol. The van der Waals surface area contributed by atoms with Crippen LogP contribution < -0.4 is 10.9 Å². The van der Waals surface area contributed by atoms with Crippen molar-refractivity contribution >= 4 is 12.6 Å². The normalized spacial score (nSPS) is 20.6. The van der Waals surface area contributed by atoms with Crippen LogP contribution in [0.25, 0.3) is 0 Å². The topological polar surface area (TPSA) is 54.6 Å². The van der Waals surface area contributed by atoms with Crippen LogP contribution in [0.5, 0.6) is 0 Å². The Hall–Kier alpha value is -1.11. The molecule has 1 aromatic rings. The minimum absolute atomic E-state index is 0.0564.